The summed E-state index contributed by atoms with van der Waals surface area (Å²) in [6.45, 7) is 0.390. The Morgan fingerprint density at radius 1 is 1.04 bits per heavy atom. The van der Waals surface area contributed by atoms with Crippen LogP contribution in [0.15, 0.2) is 54.6 Å². The Balaban J connectivity index is 1.72. The van der Waals surface area contributed by atoms with Crippen LogP contribution in [0.4, 0.5) is 8.78 Å². The normalized spacial score (nSPS) is 10.4. The maximum atomic E-state index is 13.0. The number of benzene rings is 2. The van der Waals surface area contributed by atoms with Gasteiger partial charge in [0.2, 0.25) is 0 Å². The molecule has 0 unspecified atom stereocenters. The zero-order valence-electron chi connectivity index (χ0n) is 12.6. The molecule has 7 heteroatoms. The highest BCUT2D eigenvalue weighted by Gasteiger charge is 1.99. The molecule has 0 bridgehead atoms. The predicted molar refractivity (Wildman–Crippen MR) is 92.6 cm³/mol. The molecule has 0 radical (unpaired) electrons. The van der Waals surface area contributed by atoms with Gasteiger partial charge in [-0.3, -0.25) is 15.6 Å². The van der Waals surface area contributed by atoms with Crippen molar-refractivity contribution >= 4 is 29.3 Å². The highest BCUT2D eigenvalue weighted by molar-refractivity contribution is 7.80. The molecule has 0 saturated heterocycles. The summed E-state index contributed by atoms with van der Waals surface area (Å²) in [5.74, 6) is -1.12. The van der Waals surface area contributed by atoms with Crippen molar-refractivity contribution < 1.29 is 13.6 Å². The van der Waals surface area contributed by atoms with Crippen LogP contribution >= 0.6 is 12.2 Å². The average Bonchev–Trinajstić information content (AvgIpc) is 2.57. The van der Waals surface area contributed by atoms with Crippen LogP contribution in [0, 0.1) is 11.6 Å². The van der Waals surface area contributed by atoms with Crippen molar-refractivity contribution in [2.24, 2.45) is 0 Å². The van der Waals surface area contributed by atoms with Crippen LogP contribution in [-0.2, 0) is 11.3 Å². The summed E-state index contributed by atoms with van der Waals surface area (Å²) in [6, 6.07) is 11.8. The molecule has 24 heavy (non-hydrogen) atoms. The van der Waals surface area contributed by atoms with Gasteiger partial charge in [0.05, 0.1) is 0 Å². The molecule has 0 aliphatic heterocycles. The van der Waals surface area contributed by atoms with Crippen molar-refractivity contribution in [1.29, 1.82) is 0 Å². The summed E-state index contributed by atoms with van der Waals surface area (Å²) in [6.07, 6.45) is 2.74. The third kappa shape index (κ3) is 6.13. The fraction of sp³-hybridized carbons (Fsp3) is 0.0588. The third-order valence-corrected chi connectivity index (χ3v) is 3.19. The van der Waals surface area contributed by atoms with Gasteiger partial charge in [-0.2, -0.15) is 0 Å². The SMILES string of the molecule is O=C(/C=C/c1cccc(F)c1)NNC(=S)NCc1ccc(F)cc1. The highest BCUT2D eigenvalue weighted by atomic mass is 32.1. The lowest BCUT2D eigenvalue weighted by atomic mass is 10.2. The maximum absolute atomic E-state index is 13.0. The van der Waals surface area contributed by atoms with E-state index in [2.05, 4.69) is 16.2 Å². The van der Waals surface area contributed by atoms with Crippen LogP contribution in [-0.4, -0.2) is 11.0 Å². The number of hydrogen-bond acceptors (Lipinski definition) is 2. The summed E-state index contributed by atoms with van der Waals surface area (Å²) in [7, 11) is 0. The highest BCUT2D eigenvalue weighted by Crippen LogP contribution is 2.05. The van der Waals surface area contributed by atoms with Gasteiger partial charge in [0.15, 0.2) is 5.11 Å². The Morgan fingerprint density at radius 2 is 1.79 bits per heavy atom. The van der Waals surface area contributed by atoms with Gasteiger partial charge in [0.1, 0.15) is 11.6 Å². The van der Waals surface area contributed by atoms with Gasteiger partial charge in [0.25, 0.3) is 5.91 Å². The molecular formula is C17H15F2N3OS. The molecule has 0 atom stereocenters. The number of rotatable bonds is 4. The molecule has 0 aliphatic rings. The number of halogens is 2. The minimum Gasteiger partial charge on any atom is -0.357 e. The Kier molecular flexibility index (Phi) is 6.39. The van der Waals surface area contributed by atoms with Gasteiger partial charge in [-0.25, -0.2) is 8.78 Å². The second-order valence-corrected chi connectivity index (χ2v) is 5.22. The molecule has 3 N–H and O–H groups in total. The van der Waals surface area contributed by atoms with E-state index in [9.17, 15) is 13.6 Å². The largest absolute Gasteiger partial charge is 0.357 e. The molecule has 0 aliphatic carbocycles. The van der Waals surface area contributed by atoms with Crippen molar-refractivity contribution in [3.8, 4) is 0 Å². The molecule has 0 saturated carbocycles. The zero-order chi connectivity index (χ0) is 17.4. The average molecular weight is 347 g/mol. The zero-order valence-corrected chi connectivity index (χ0v) is 13.4. The van der Waals surface area contributed by atoms with Crippen molar-refractivity contribution in [3.63, 3.8) is 0 Å². The minimum absolute atomic E-state index is 0.215. The van der Waals surface area contributed by atoms with E-state index in [1.165, 1.54) is 36.4 Å². The lowest BCUT2D eigenvalue weighted by Gasteiger charge is -2.10. The van der Waals surface area contributed by atoms with Crippen LogP contribution in [0.5, 0.6) is 0 Å². The molecule has 124 valence electrons. The maximum Gasteiger partial charge on any atom is 0.262 e. The number of amides is 1. The molecule has 1 amide bonds. The summed E-state index contributed by atoms with van der Waals surface area (Å²) < 4.78 is 25.8. The Hall–Kier alpha value is -2.80. The van der Waals surface area contributed by atoms with Gasteiger partial charge < -0.3 is 5.32 Å². The first kappa shape index (κ1) is 17.6. The van der Waals surface area contributed by atoms with E-state index >= 15 is 0 Å². The van der Waals surface area contributed by atoms with Crippen molar-refractivity contribution in [3.05, 3.63) is 77.4 Å². The first-order chi connectivity index (χ1) is 11.5. The smallest absolute Gasteiger partial charge is 0.262 e. The number of hydrogen-bond donors (Lipinski definition) is 3. The van der Waals surface area contributed by atoms with Gasteiger partial charge in [-0.05, 0) is 53.7 Å². The topological polar surface area (TPSA) is 53.2 Å². The van der Waals surface area contributed by atoms with E-state index in [4.69, 9.17) is 12.2 Å². The summed E-state index contributed by atoms with van der Waals surface area (Å²) >= 11 is 5.01. The van der Waals surface area contributed by atoms with E-state index in [0.717, 1.165) is 5.56 Å². The van der Waals surface area contributed by atoms with Crippen LogP contribution in [0.25, 0.3) is 6.08 Å². The molecule has 2 rings (SSSR count). The van der Waals surface area contributed by atoms with E-state index < -0.39 is 5.91 Å². The number of carbonyl (C=O) groups excluding carboxylic acids is 1. The van der Waals surface area contributed by atoms with Crippen molar-refractivity contribution in [2.75, 3.05) is 0 Å². The minimum atomic E-state index is -0.440. The van der Waals surface area contributed by atoms with E-state index in [1.54, 1.807) is 24.3 Å². The number of hydrazine groups is 1. The van der Waals surface area contributed by atoms with E-state index in [-0.39, 0.29) is 16.7 Å². The summed E-state index contributed by atoms with van der Waals surface area (Å²) in [5.41, 5.74) is 6.33. The molecule has 0 fully saturated rings. The molecule has 0 spiro atoms. The van der Waals surface area contributed by atoms with Crippen molar-refractivity contribution in [2.45, 2.75) is 6.54 Å². The number of thiocarbonyl (C=S) groups is 1. The molecule has 2 aromatic rings. The first-order valence-corrected chi connectivity index (χ1v) is 7.45. The lowest BCUT2D eigenvalue weighted by Crippen LogP contribution is -2.45. The Morgan fingerprint density at radius 3 is 2.50 bits per heavy atom. The van der Waals surface area contributed by atoms with E-state index in [1.807, 2.05) is 0 Å². The third-order valence-electron chi connectivity index (χ3n) is 2.94. The summed E-state index contributed by atoms with van der Waals surface area (Å²) in [4.78, 5) is 11.6. The van der Waals surface area contributed by atoms with Crippen molar-refractivity contribution in [1.82, 2.24) is 16.2 Å². The summed E-state index contributed by atoms with van der Waals surface area (Å²) in [5, 5.41) is 3.08. The second-order valence-electron chi connectivity index (χ2n) is 4.81. The molecule has 2 aromatic carbocycles. The molecule has 0 heterocycles. The van der Waals surface area contributed by atoms with Crippen LogP contribution < -0.4 is 16.2 Å². The van der Waals surface area contributed by atoms with Crippen LogP contribution in [0.1, 0.15) is 11.1 Å². The quantitative estimate of drug-likeness (QED) is 0.452. The fourth-order valence-electron chi connectivity index (χ4n) is 1.77. The standard InChI is InChI=1S/C17H15F2N3OS/c18-14-7-4-13(5-8-14)11-20-17(24)22-21-16(23)9-6-12-2-1-3-15(19)10-12/h1-10H,11H2,(H,21,23)(H2,20,22,24)/b9-6+. The molecule has 4 nitrogen and oxygen atoms in total. The van der Waals surface area contributed by atoms with Crippen LogP contribution in [0.2, 0.25) is 0 Å². The fourth-order valence-corrected chi connectivity index (χ4v) is 1.89. The lowest BCUT2D eigenvalue weighted by molar-refractivity contribution is -0.116. The number of nitrogens with one attached hydrogen (secondary N) is 3. The van der Waals surface area contributed by atoms with Crippen LogP contribution in [0.3, 0.4) is 0 Å². The van der Waals surface area contributed by atoms with Gasteiger partial charge in [-0.1, -0.05) is 24.3 Å². The van der Waals surface area contributed by atoms with Gasteiger partial charge >= 0.3 is 0 Å². The van der Waals surface area contributed by atoms with Gasteiger partial charge in [0, 0.05) is 12.6 Å². The van der Waals surface area contributed by atoms with E-state index in [0.29, 0.717) is 12.1 Å². The second kappa shape index (κ2) is 8.73. The molecule has 0 aromatic heterocycles. The van der Waals surface area contributed by atoms with Gasteiger partial charge in [-0.15, -0.1) is 0 Å². The Labute approximate surface area is 143 Å². The predicted octanol–water partition coefficient (Wildman–Crippen LogP) is 2.67. The monoisotopic (exact) mass is 347 g/mol. The first-order valence-electron chi connectivity index (χ1n) is 7.05. The number of carbonyl (C=O) groups is 1. The Bertz CT molecular complexity index is 748. The molecular weight excluding hydrogens is 332 g/mol.